The highest BCUT2D eigenvalue weighted by molar-refractivity contribution is 7.62. The van der Waals surface area contributed by atoms with E-state index in [1.54, 1.807) is 11.3 Å². The Morgan fingerprint density at radius 1 is 1.24 bits per heavy atom. The molecule has 0 unspecified atom stereocenters. The van der Waals surface area contributed by atoms with Gasteiger partial charge in [-0.15, -0.1) is 11.3 Å². The lowest BCUT2D eigenvalue weighted by Gasteiger charge is -2.05. The molecule has 0 fully saturated rings. The fourth-order valence-corrected chi connectivity index (χ4v) is 2.39. The summed E-state index contributed by atoms with van der Waals surface area (Å²) in [5.41, 5.74) is 7.77. The third-order valence-corrected chi connectivity index (χ3v) is 4.05. The predicted octanol–water partition coefficient (Wildman–Crippen LogP) is 2.04. The Bertz CT molecular complexity index is 829. The van der Waals surface area contributed by atoms with Crippen LogP contribution in [0.3, 0.4) is 0 Å². The number of urea groups is 1. The molecule has 0 aliphatic rings. The lowest BCUT2D eigenvalue weighted by molar-refractivity contribution is 0.259. The molecule has 0 spiro atoms. The van der Waals surface area contributed by atoms with E-state index in [1.165, 1.54) is 30.7 Å². The number of amides is 2. The molecule has 0 saturated carbocycles. The fourth-order valence-electron chi connectivity index (χ4n) is 1.44. The minimum atomic E-state index is -2.84. The second-order valence-electron chi connectivity index (χ2n) is 4.40. The summed E-state index contributed by atoms with van der Waals surface area (Å²) in [5.74, 6) is 0.117. The summed E-state index contributed by atoms with van der Waals surface area (Å²) >= 11 is 1.71. The first-order chi connectivity index (χ1) is 11.8. The van der Waals surface area contributed by atoms with Crippen molar-refractivity contribution in [3.05, 3.63) is 21.9 Å². The van der Waals surface area contributed by atoms with Crippen molar-refractivity contribution in [2.75, 3.05) is 25.3 Å². The van der Waals surface area contributed by atoms with Gasteiger partial charge in [0, 0.05) is 10.6 Å². The van der Waals surface area contributed by atoms with Gasteiger partial charge in [-0.2, -0.15) is 18.4 Å². The first-order valence-electron chi connectivity index (χ1n) is 6.66. The Balaban J connectivity index is 0.000000324. The van der Waals surface area contributed by atoms with Gasteiger partial charge in [-0.25, -0.2) is 4.79 Å². The molecule has 0 radical (unpaired) electrons. The van der Waals surface area contributed by atoms with Crippen molar-refractivity contribution >= 4 is 39.5 Å². The number of aromatic nitrogens is 2. The van der Waals surface area contributed by atoms with Crippen molar-refractivity contribution in [3.63, 3.8) is 0 Å². The van der Waals surface area contributed by atoms with Crippen LogP contribution in [0.5, 0.6) is 11.8 Å². The maximum absolute atomic E-state index is 11.0. The van der Waals surface area contributed by atoms with Crippen LogP contribution < -0.4 is 20.5 Å². The molecule has 10 nitrogen and oxygen atoms in total. The molecule has 2 heterocycles. The van der Waals surface area contributed by atoms with Crippen molar-refractivity contribution in [2.45, 2.75) is 13.8 Å². The fraction of sp³-hybridized carbons (Fsp3) is 0.308. The minimum Gasteiger partial charge on any atom is -0.481 e. The van der Waals surface area contributed by atoms with Crippen LogP contribution in [0.15, 0.2) is 15.8 Å². The molecular formula is C13H17N5O5S2. The van der Waals surface area contributed by atoms with Gasteiger partial charge in [0.05, 0.1) is 20.3 Å². The van der Waals surface area contributed by atoms with Crippen LogP contribution in [-0.4, -0.2) is 38.6 Å². The maximum atomic E-state index is 11.0. The normalized spacial score (nSPS) is 9.44. The number of anilines is 2. The van der Waals surface area contributed by atoms with Gasteiger partial charge in [0.1, 0.15) is 0 Å². The predicted molar refractivity (Wildman–Crippen MR) is 93.7 cm³/mol. The van der Waals surface area contributed by atoms with E-state index in [1.807, 2.05) is 19.2 Å². The molecule has 2 amide bonds. The van der Waals surface area contributed by atoms with E-state index < -0.39 is 16.5 Å². The highest BCUT2D eigenvalue weighted by Gasteiger charge is 2.08. The average Bonchev–Trinajstić information content (AvgIpc) is 2.85. The highest BCUT2D eigenvalue weighted by Crippen LogP contribution is 2.22. The van der Waals surface area contributed by atoms with Crippen LogP contribution in [0.2, 0.25) is 0 Å². The number of thiophene rings is 1. The van der Waals surface area contributed by atoms with Crippen molar-refractivity contribution in [2.24, 2.45) is 4.36 Å². The molecule has 2 aromatic rings. The number of nitrogens with zero attached hydrogens (tertiary/aromatic N) is 3. The van der Waals surface area contributed by atoms with E-state index in [0.717, 1.165) is 5.69 Å². The number of methoxy groups -OCH3 is 2. The van der Waals surface area contributed by atoms with Gasteiger partial charge >= 0.3 is 16.5 Å². The first-order valence-corrected chi connectivity index (χ1v) is 8.57. The Kier molecular flexibility index (Phi) is 7.75. The number of carbonyl (C=O) groups is 1. The summed E-state index contributed by atoms with van der Waals surface area (Å²) in [5, 5.41) is 4.12. The van der Waals surface area contributed by atoms with Crippen molar-refractivity contribution in [1.82, 2.24) is 9.97 Å². The van der Waals surface area contributed by atoms with Gasteiger partial charge in [-0.3, -0.25) is 5.32 Å². The van der Waals surface area contributed by atoms with E-state index >= 15 is 0 Å². The smallest absolute Gasteiger partial charge is 0.362 e. The molecule has 25 heavy (non-hydrogen) atoms. The second kappa shape index (κ2) is 9.54. The van der Waals surface area contributed by atoms with Crippen LogP contribution in [-0.2, 0) is 10.5 Å². The quantitative estimate of drug-likeness (QED) is 0.813. The van der Waals surface area contributed by atoms with Crippen LogP contribution in [0.4, 0.5) is 16.4 Å². The summed E-state index contributed by atoms with van der Waals surface area (Å²) in [6.07, 6.45) is 0. The minimum absolute atomic E-state index is 0.149. The Morgan fingerprint density at radius 2 is 1.80 bits per heavy atom. The van der Waals surface area contributed by atoms with Gasteiger partial charge in [0.25, 0.3) is 0 Å². The Morgan fingerprint density at radius 3 is 2.12 bits per heavy atom. The summed E-state index contributed by atoms with van der Waals surface area (Å²) in [6, 6.07) is 0.270. The summed E-state index contributed by atoms with van der Waals surface area (Å²) in [6.45, 7) is 4.06. The first kappa shape index (κ1) is 20.3. The zero-order valence-corrected chi connectivity index (χ0v) is 15.6. The Hall–Kier alpha value is -2.73. The number of carbonyl (C=O) groups excluding carboxylic acids is 1. The zero-order chi connectivity index (χ0) is 19.0. The number of rotatable bonds is 3. The third kappa shape index (κ3) is 6.73. The number of nitrogens with one attached hydrogen (secondary N) is 1. The molecular weight excluding hydrogens is 370 g/mol. The van der Waals surface area contributed by atoms with Crippen LogP contribution >= 0.6 is 11.3 Å². The van der Waals surface area contributed by atoms with Gasteiger partial charge < -0.3 is 15.2 Å². The maximum Gasteiger partial charge on any atom is 0.362 e. The van der Waals surface area contributed by atoms with Gasteiger partial charge in [-0.1, -0.05) is 4.36 Å². The van der Waals surface area contributed by atoms with Crippen molar-refractivity contribution < 1.29 is 22.7 Å². The van der Waals surface area contributed by atoms with Crippen molar-refractivity contribution in [3.8, 4) is 11.8 Å². The molecule has 0 aliphatic heterocycles. The zero-order valence-electron chi connectivity index (χ0n) is 13.9. The van der Waals surface area contributed by atoms with Crippen molar-refractivity contribution in [1.29, 1.82) is 0 Å². The topological polar surface area (TPSA) is 146 Å². The van der Waals surface area contributed by atoms with E-state index in [0.29, 0.717) is 0 Å². The number of nitrogen functional groups attached to an aromatic ring is 1. The highest BCUT2D eigenvalue weighted by atomic mass is 32.2. The Labute approximate surface area is 149 Å². The molecule has 3 N–H and O–H groups in total. The second-order valence-corrected chi connectivity index (χ2v) is 6.10. The van der Waals surface area contributed by atoms with Gasteiger partial charge in [-0.05, 0) is 24.8 Å². The van der Waals surface area contributed by atoms with Gasteiger partial charge in [0.2, 0.25) is 17.7 Å². The number of ether oxygens (including phenoxy) is 2. The molecule has 0 atom stereocenters. The van der Waals surface area contributed by atoms with Crippen LogP contribution in [0.1, 0.15) is 10.4 Å². The van der Waals surface area contributed by atoms with Gasteiger partial charge in [0.15, 0.2) is 0 Å². The number of hydrogen-bond acceptors (Lipinski definition) is 9. The number of nitrogens with two attached hydrogens (primary N) is 1. The van der Waals surface area contributed by atoms with E-state index in [2.05, 4.69) is 19.7 Å². The number of hydrogen-bond donors (Lipinski definition) is 2. The summed E-state index contributed by atoms with van der Waals surface area (Å²) in [4.78, 5) is 19.7. The molecule has 2 aromatic heterocycles. The average molecular weight is 387 g/mol. The molecule has 12 heteroatoms. The summed E-state index contributed by atoms with van der Waals surface area (Å²) in [7, 11) is -0.108. The summed E-state index contributed by atoms with van der Waals surface area (Å²) < 4.78 is 32.6. The lowest BCUT2D eigenvalue weighted by atomic mass is 10.3. The van der Waals surface area contributed by atoms with E-state index in [-0.39, 0.29) is 17.7 Å². The largest absolute Gasteiger partial charge is 0.481 e. The van der Waals surface area contributed by atoms with Crippen LogP contribution in [0.25, 0.3) is 0 Å². The monoisotopic (exact) mass is 387 g/mol. The standard InChI is InChI=1S/C7H8N4O5S.C6H9NS/c1-15-4-3-5(16-2)9-6(8-4)10-7(12)11-17(13)14;1-4-3-8-5(2)6(4)7/h3H,1-2H3,(H,8,9,10,12);3H,7H2,1-2H3. The molecule has 136 valence electrons. The molecule has 0 aliphatic carbocycles. The SMILES string of the molecule is COc1cc(OC)nc(NC(=O)N=S(=O)=O)n1.Cc1csc(C)c1N. The van der Waals surface area contributed by atoms with E-state index in [9.17, 15) is 13.2 Å². The number of aryl methyl sites for hydroxylation is 2. The van der Waals surface area contributed by atoms with E-state index in [4.69, 9.17) is 15.2 Å². The van der Waals surface area contributed by atoms with Crippen LogP contribution in [0, 0.1) is 13.8 Å². The molecule has 0 saturated heterocycles. The third-order valence-electron chi connectivity index (χ3n) is 2.69. The molecule has 0 bridgehead atoms. The molecule has 0 aromatic carbocycles. The molecule has 2 rings (SSSR count). The lowest BCUT2D eigenvalue weighted by Crippen LogP contribution is -2.10.